The summed E-state index contributed by atoms with van der Waals surface area (Å²) in [6.07, 6.45) is 15.8. The van der Waals surface area contributed by atoms with Crippen LogP contribution in [0.1, 0.15) is 13.8 Å². The minimum Gasteiger partial charge on any atom is -1.00 e. The zero-order valence-electron chi connectivity index (χ0n) is 24.6. The predicted molar refractivity (Wildman–Crippen MR) is 171 cm³/mol. The summed E-state index contributed by atoms with van der Waals surface area (Å²) >= 11 is 3.21. The molecule has 8 nitrogen and oxygen atoms in total. The Balaban J connectivity index is 0.000000368. The molecule has 0 aliphatic heterocycles. The van der Waals surface area contributed by atoms with Gasteiger partial charge in [0.2, 0.25) is 0 Å². The SMILES string of the molecule is CCOP(=O)(CC[n+]1ccc(-c2ccncc2)cc1)OCC.CP(C)(=O)CCBr.[Br-].c1cc(-c2ccncc2)ccn1. The van der Waals surface area contributed by atoms with Gasteiger partial charge in [-0.05, 0) is 85.8 Å². The molecule has 4 aromatic rings. The van der Waals surface area contributed by atoms with Gasteiger partial charge < -0.3 is 30.6 Å². The molecule has 0 aromatic carbocycles. The van der Waals surface area contributed by atoms with E-state index >= 15 is 0 Å². The molecular formula is C30H40Br2N4O4P2. The van der Waals surface area contributed by atoms with Crippen molar-refractivity contribution < 1.29 is 39.7 Å². The first-order valence-corrected chi connectivity index (χ1v) is 19.0. The van der Waals surface area contributed by atoms with Gasteiger partial charge in [0.1, 0.15) is 6.16 Å². The van der Waals surface area contributed by atoms with Crippen molar-refractivity contribution in [2.45, 2.75) is 20.4 Å². The van der Waals surface area contributed by atoms with Gasteiger partial charge in [-0.25, -0.2) is 4.57 Å². The van der Waals surface area contributed by atoms with Crippen molar-refractivity contribution in [2.24, 2.45) is 0 Å². The maximum atomic E-state index is 12.4. The molecule has 0 spiro atoms. The zero-order valence-corrected chi connectivity index (χ0v) is 29.5. The maximum absolute atomic E-state index is 12.4. The Hall–Kier alpha value is -2.06. The number of pyridine rings is 4. The fraction of sp³-hybridized carbons (Fsp3) is 0.333. The lowest BCUT2D eigenvalue weighted by Gasteiger charge is -2.15. The monoisotopic (exact) mass is 740 g/mol. The molecule has 4 heterocycles. The molecule has 4 aromatic heterocycles. The van der Waals surface area contributed by atoms with Crippen LogP contribution in [-0.4, -0.2) is 59.1 Å². The lowest BCUT2D eigenvalue weighted by atomic mass is 10.1. The summed E-state index contributed by atoms with van der Waals surface area (Å²) < 4.78 is 35.8. The first kappa shape index (κ1) is 38.0. The normalized spacial score (nSPS) is 10.8. The Morgan fingerprint density at radius 1 is 0.667 bits per heavy atom. The second-order valence-electron chi connectivity index (χ2n) is 9.19. The Morgan fingerprint density at radius 3 is 1.31 bits per heavy atom. The van der Waals surface area contributed by atoms with Gasteiger partial charge in [-0.15, -0.1) is 0 Å². The highest BCUT2D eigenvalue weighted by Gasteiger charge is 2.25. The van der Waals surface area contributed by atoms with Crippen LogP contribution in [-0.2, 0) is 24.7 Å². The van der Waals surface area contributed by atoms with Gasteiger partial charge in [0, 0.05) is 60.8 Å². The molecule has 0 saturated carbocycles. The predicted octanol–water partition coefficient (Wildman–Crippen LogP) is 4.45. The highest BCUT2D eigenvalue weighted by molar-refractivity contribution is 9.09. The third-order valence-electron chi connectivity index (χ3n) is 5.51. The third-order valence-corrected chi connectivity index (χ3v) is 9.87. The van der Waals surface area contributed by atoms with Crippen LogP contribution in [0.4, 0.5) is 0 Å². The number of aromatic nitrogens is 4. The fourth-order valence-electron chi connectivity index (χ4n) is 3.43. The van der Waals surface area contributed by atoms with E-state index in [0.717, 1.165) is 22.6 Å². The average Bonchev–Trinajstić information content (AvgIpc) is 2.98. The van der Waals surface area contributed by atoms with Gasteiger partial charge in [-0.1, -0.05) is 15.9 Å². The van der Waals surface area contributed by atoms with Crippen molar-refractivity contribution >= 4 is 30.7 Å². The smallest absolute Gasteiger partial charge is 0.337 e. The van der Waals surface area contributed by atoms with Crippen LogP contribution in [0, 0.1) is 0 Å². The molecule has 0 fully saturated rings. The van der Waals surface area contributed by atoms with Crippen LogP contribution in [0.15, 0.2) is 98.1 Å². The van der Waals surface area contributed by atoms with Gasteiger partial charge >= 0.3 is 7.60 Å². The molecule has 0 amide bonds. The van der Waals surface area contributed by atoms with E-state index in [1.807, 2.05) is 79.3 Å². The van der Waals surface area contributed by atoms with Crippen molar-refractivity contribution in [3.8, 4) is 22.3 Å². The molecular weight excluding hydrogens is 702 g/mol. The quantitative estimate of drug-likeness (QED) is 0.127. The highest BCUT2D eigenvalue weighted by atomic mass is 79.9. The van der Waals surface area contributed by atoms with E-state index in [1.54, 1.807) is 50.5 Å². The van der Waals surface area contributed by atoms with Crippen molar-refractivity contribution in [3.63, 3.8) is 0 Å². The van der Waals surface area contributed by atoms with E-state index in [1.165, 1.54) is 11.1 Å². The summed E-state index contributed by atoms with van der Waals surface area (Å²) in [7, 11) is -4.70. The second kappa shape index (κ2) is 20.8. The Morgan fingerprint density at radius 2 is 1.02 bits per heavy atom. The minimum absolute atomic E-state index is 0. The van der Waals surface area contributed by atoms with Crippen LogP contribution in [0.25, 0.3) is 22.3 Å². The summed E-state index contributed by atoms with van der Waals surface area (Å²) in [6, 6.07) is 15.9. The maximum Gasteiger partial charge on any atom is 0.337 e. The standard InChI is InChI=1S/C16H22N2O3P.C10H8N2.C4H10BrOP.BrH/c1-3-20-22(19,21-4-2)14-13-18-11-7-16(8-12-18)15-5-9-17-10-6-15;1-5-11-6-2-9(1)10-3-7-12-8-4-10;1-7(2,6)4-3-5;/h5-12H,3-4,13-14H2,1-2H3;1-8H;3-4H2,1-2H3;1H/q+1;;;/p-1. The number of halogens is 2. The molecule has 0 atom stereocenters. The summed E-state index contributed by atoms with van der Waals surface area (Å²) in [4.78, 5) is 11.9. The zero-order chi connectivity index (χ0) is 30.0. The van der Waals surface area contributed by atoms with E-state index in [2.05, 4.69) is 30.9 Å². The van der Waals surface area contributed by atoms with Gasteiger partial charge in [-0.3, -0.25) is 19.5 Å². The molecule has 0 aliphatic rings. The van der Waals surface area contributed by atoms with E-state index in [0.29, 0.717) is 25.9 Å². The number of aryl methyl sites for hydroxylation is 1. The van der Waals surface area contributed by atoms with Crippen molar-refractivity contribution in [1.29, 1.82) is 0 Å². The molecule has 0 aliphatic carbocycles. The summed E-state index contributed by atoms with van der Waals surface area (Å²) in [5, 5.41) is 0.858. The van der Waals surface area contributed by atoms with Crippen molar-refractivity contribution in [1.82, 2.24) is 15.0 Å². The fourth-order valence-corrected chi connectivity index (χ4v) is 8.00. The summed E-state index contributed by atoms with van der Waals surface area (Å²) in [5.74, 6) is 0. The van der Waals surface area contributed by atoms with E-state index < -0.39 is 14.7 Å². The number of alkyl halides is 1. The van der Waals surface area contributed by atoms with Crippen LogP contribution in [0.2, 0.25) is 0 Å². The Labute approximate surface area is 269 Å². The van der Waals surface area contributed by atoms with Crippen LogP contribution >= 0.6 is 30.7 Å². The molecule has 228 valence electrons. The first-order valence-electron chi connectivity index (χ1n) is 13.4. The molecule has 42 heavy (non-hydrogen) atoms. The van der Waals surface area contributed by atoms with Gasteiger partial charge in [0.15, 0.2) is 18.9 Å². The number of hydrogen-bond acceptors (Lipinski definition) is 7. The number of nitrogens with zero attached hydrogens (tertiary/aromatic N) is 4. The van der Waals surface area contributed by atoms with Crippen LogP contribution in [0.3, 0.4) is 0 Å². The molecule has 4 rings (SSSR count). The van der Waals surface area contributed by atoms with E-state index in [9.17, 15) is 9.13 Å². The van der Waals surface area contributed by atoms with Gasteiger partial charge in [0.25, 0.3) is 0 Å². The minimum atomic E-state index is -2.98. The van der Waals surface area contributed by atoms with Crippen molar-refractivity contribution in [2.75, 3.05) is 44.2 Å². The Kier molecular flexibility index (Phi) is 18.8. The summed E-state index contributed by atoms with van der Waals surface area (Å²) in [6.45, 7) is 8.62. The lowest BCUT2D eigenvalue weighted by Crippen LogP contribution is -3.00. The molecule has 0 saturated heterocycles. The molecule has 12 heteroatoms. The first-order chi connectivity index (χ1) is 19.7. The van der Waals surface area contributed by atoms with Crippen LogP contribution in [0.5, 0.6) is 0 Å². The largest absolute Gasteiger partial charge is 1.00 e. The molecule has 0 radical (unpaired) electrons. The average molecular weight is 742 g/mol. The summed E-state index contributed by atoms with van der Waals surface area (Å²) in [5.41, 5.74) is 4.59. The van der Waals surface area contributed by atoms with Crippen LogP contribution < -0.4 is 21.5 Å². The lowest BCUT2D eigenvalue weighted by molar-refractivity contribution is -0.692. The second-order valence-corrected chi connectivity index (χ2v) is 15.8. The highest BCUT2D eigenvalue weighted by Crippen LogP contribution is 2.47. The van der Waals surface area contributed by atoms with Gasteiger partial charge in [0.05, 0.1) is 20.4 Å². The Bertz CT molecular complexity index is 1300. The number of rotatable bonds is 11. The third kappa shape index (κ3) is 15.4. The van der Waals surface area contributed by atoms with E-state index in [-0.39, 0.29) is 17.0 Å². The number of hydrogen-bond donors (Lipinski definition) is 0. The molecule has 0 bridgehead atoms. The topological polar surface area (TPSA) is 95.2 Å². The molecule has 0 unspecified atom stereocenters. The molecule has 0 N–H and O–H groups in total. The van der Waals surface area contributed by atoms with Crippen molar-refractivity contribution in [3.05, 3.63) is 98.1 Å². The van der Waals surface area contributed by atoms with Gasteiger partial charge in [-0.2, -0.15) is 0 Å². The van der Waals surface area contributed by atoms with E-state index in [4.69, 9.17) is 9.05 Å².